The predicted molar refractivity (Wildman–Crippen MR) is 79.7 cm³/mol. The van der Waals surface area contributed by atoms with E-state index in [1.165, 1.54) is 0 Å². The number of hydrogen-bond acceptors (Lipinski definition) is 3. The molecule has 0 aliphatic heterocycles. The largest absolute Gasteiger partial charge is 0.386 e. The lowest BCUT2D eigenvalue weighted by atomic mass is 10.0. The van der Waals surface area contributed by atoms with Crippen molar-refractivity contribution < 1.29 is 9.90 Å². The van der Waals surface area contributed by atoms with Crippen LogP contribution in [0.5, 0.6) is 0 Å². The Bertz CT molecular complexity index is 476. The highest BCUT2D eigenvalue weighted by molar-refractivity contribution is 6.36. The summed E-state index contributed by atoms with van der Waals surface area (Å²) < 4.78 is 0. The van der Waals surface area contributed by atoms with Gasteiger partial charge in [-0.05, 0) is 25.0 Å². The van der Waals surface area contributed by atoms with Gasteiger partial charge in [0, 0.05) is 28.2 Å². The van der Waals surface area contributed by atoms with Crippen molar-refractivity contribution in [2.24, 2.45) is 11.7 Å². The minimum Gasteiger partial charge on any atom is -0.386 e. The molecule has 1 aliphatic rings. The number of aliphatic hydroxyl groups is 1. The summed E-state index contributed by atoms with van der Waals surface area (Å²) in [6, 6.07) is 4.93. The summed E-state index contributed by atoms with van der Waals surface area (Å²) in [6.07, 6.45) is 1.71. The molecule has 4 nitrogen and oxygen atoms in total. The molecule has 0 radical (unpaired) electrons. The monoisotopic (exact) mass is 316 g/mol. The lowest BCUT2D eigenvalue weighted by Crippen LogP contribution is -2.40. The Labute approximate surface area is 128 Å². The number of nitrogens with two attached hydrogens (primary N) is 1. The maximum atomic E-state index is 12.0. The first-order chi connectivity index (χ1) is 9.50. The zero-order valence-corrected chi connectivity index (χ0v) is 12.5. The average molecular weight is 317 g/mol. The lowest BCUT2D eigenvalue weighted by Gasteiger charge is -2.18. The van der Waals surface area contributed by atoms with Gasteiger partial charge < -0.3 is 16.2 Å². The first-order valence-electron chi connectivity index (χ1n) is 6.66. The Morgan fingerprint density at radius 3 is 2.60 bits per heavy atom. The lowest BCUT2D eigenvalue weighted by molar-refractivity contribution is -0.125. The number of carbonyl (C=O) groups is 1. The van der Waals surface area contributed by atoms with Gasteiger partial charge in [0.25, 0.3) is 0 Å². The van der Waals surface area contributed by atoms with Gasteiger partial charge in [-0.1, -0.05) is 35.7 Å². The molecule has 3 atom stereocenters. The summed E-state index contributed by atoms with van der Waals surface area (Å²) in [6.45, 7) is 0.0749. The molecule has 1 aromatic carbocycles. The number of halogens is 2. The van der Waals surface area contributed by atoms with Crippen LogP contribution >= 0.6 is 23.2 Å². The first kappa shape index (κ1) is 15.6. The standard InChI is InChI=1S/C14H18Cl2N2O2/c15-9-4-2-5-10(16)13(9)12(19)7-18-14(20)8-3-1-6-11(8)17/h2,4-5,8,11-12,19H,1,3,6-7,17H2,(H,18,20)/t8-,11+,12-/m0/s1. The number of rotatable bonds is 4. The van der Waals surface area contributed by atoms with Crippen LogP contribution in [0, 0.1) is 5.92 Å². The molecule has 1 fully saturated rings. The van der Waals surface area contributed by atoms with Gasteiger partial charge in [0.15, 0.2) is 0 Å². The summed E-state index contributed by atoms with van der Waals surface area (Å²) >= 11 is 12.0. The molecule has 0 heterocycles. The average Bonchev–Trinajstić information content (AvgIpc) is 2.82. The molecule has 6 heteroatoms. The van der Waals surface area contributed by atoms with Crippen LogP contribution in [0.2, 0.25) is 10.0 Å². The molecular weight excluding hydrogens is 299 g/mol. The van der Waals surface area contributed by atoms with Crippen LogP contribution in [0.1, 0.15) is 30.9 Å². The van der Waals surface area contributed by atoms with Crippen LogP contribution in [0.3, 0.4) is 0 Å². The van der Waals surface area contributed by atoms with Crippen LogP contribution in [-0.4, -0.2) is 23.6 Å². The van der Waals surface area contributed by atoms with Gasteiger partial charge in [-0.25, -0.2) is 0 Å². The van der Waals surface area contributed by atoms with E-state index >= 15 is 0 Å². The molecule has 4 N–H and O–H groups in total. The fourth-order valence-corrected chi connectivity index (χ4v) is 3.22. The number of carbonyl (C=O) groups excluding carboxylic acids is 1. The summed E-state index contributed by atoms with van der Waals surface area (Å²) in [5.74, 6) is -0.277. The van der Waals surface area contributed by atoms with Crippen LogP contribution in [-0.2, 0) is 4.79 Å². The van der Waals surface area contributed by atoms with Gasteiger partial charge in [0.1, 0.15) is 0 Å². The molecule has 1 aromatic rings. The van der Waals surface area contributed by atoms with Crippen molar-refractivity contribution in [3.8, 4) is 0 Å². The SMILES string of the molecule is N[C@@H]1CCC[C@@H]1C(=O)NC[C@H](O)c1c(Cl)cccc1Cl. The van der Waals surface area contributed by atoms with Gasteiger partial charge in [0.2, 0.25) is 5.91 Å². The molecule has 0 unspecified atom stereocenters. The van der Waals surface area contributed by atoms with E-state index in [1.807, 2.05) is 0 Å². The molecule has 0 saturated heterocycles. The zero-order chi connectivity index (χ0) is 14.7. The highest BCUT2D eigenvalue weighted by Gasteiger charge is 2.30. The molecule has 0 aromatic heterocycles. The second-order valence-electron chi connectivity index (χ2n) is 5.10. The maximum absolute atomic E-state index is 12.0. The third-order valence-electron chi connectivity index (χ3n) is 3.71. The fraction of sp³-hybridized carbons (Fsp3) is 0.500. The molecule has 2 rings (SSSR count). The minimum absolute atomic E-state index is 0.0749. The van der Waals surface area contributed by atoms with E-state index in [0.717, 1.165) is 19.3 Å². The first-order valence-corrected chi connectivity index (χ1v) is 7.41. The van der Waals surface area contributed by atoms with Gasteiger partial charge >= 0.3 is 0 Å². The summed E-state index contributed by atoms with van der Waals surface area (Å²) in [4.78, 5) is 12.0. The Kier molecular flexibility index (Phi) is 5.27. The quantitative estimate of drug-likeness (QED) is 0.797. The second kappa shape index (κ2) is 6.76. The number of amides is 1. The van der Waals surface area contributed by atoms with Crippen molar-refractivity contribution >= 4 is 29.1 Å². The van der Waals surface area contributed by atoms with E-state index in [2.05, 4.69) is 5.32 Å². The highest BCUT2D eigenvalue weighted by Crippen LogP contribution is 2.30. The predicted octanol–water partition coefficient (Wildman–Crippen LogP) is 2.27. The van der Waals surface area contributed by atoms with Crippen LogP contribution in [0.25, 0.3) is 0 Å². The van der Waals surface area contributed by atoms with Crippen LogP contribution in [0.4, 0.5) is 0 Å². The molecule has 1 amide bonds. The zero-order valence-electron chi connectivity index (χ0n) is 11.0. The Hall–Kier alpha value is -0.810. The number of hydrogen-bond donors (Lipinski definition) is 3. The summed E-state index contributed by atoms with van der Waals surface area (Å²) in [5, 5.41) is 13.6. The smallest absolute Gasteiger partial charge is 0.224 e. The maximum Gasteiger partial charge on any atom is 0.224 e. The number of benzene rings is 1. The topological polar surface area (TPSA) is 75.4 Å². The van der Waals surface area contributed by atoms with E-state index in [0.29, 0.717) is 15.6 Å². The van der Waals surface area contributed by atoms with Gasteiger partial charge in [-0.3, -0.25) is 4.79 Å². The highest BCUT2D eigenvalue weighted by atomic mass is 35.5. The van der Waals surface area contributed by atoms with Gasteiger partial charge in [0.05, 0.1) is 12.0 Å². The van der Waals surface area contributed by atoms with Crippen molar-refractivity contribution in [2.75, 3.05) is 6.54 Å². The minimum atomic E-state index is -0.933. The second-order valence-corrected chi connectivity index (χ2v) is 5.91. The van der Waals surface area contributed by atoms with Gasteiger partial charge in [-0.15, -0.1) is 0 Å². The van der Waals surface area contributed by atoms with E-state index < -0.39 is 6.10 Å². The summed E-state index contributed by atoms with van der Waals surface area (Å²) in [7, 11) is 0. The van der Waals surface area contributed by atoms with Crippen molar-refractivity contribution in [1.82, 2.24) is 5.32 Å². The fourth-order valence-electron chi connectivity index (χ4n) is 2.57. The number of nitrogens with one attached hydrogen (secondary N) is 1. The van der Waals surface area contributed by atoms with E-state index in [-0.39, 0.29) is 24.4 Å². The van der Waals surface area contributed by atoms with Gasteiger partial charge in [-0.2, -0.15) is 0 Å². The third kappa shape index (κ3) is 3.44. The Morgan fingerprint density at radius 1 is 1.40 bits per heavy atom. The molecule has 0 spiro atoms. The van der Waals surface area contributed by atoms with E-state index in [4.69, 9.17) is 28.9 Å². The number of aliphatic hydroxyl groups excluding tert-OH is 1. The van der Waals surface area contributed by atoms with Crippen molar-refractivity contribution in [2.45, 2.75) is 31.4 Å². The van der Waals surface area contributed by atoms with Crippen molar-refractivity contribution in [3.63, 3.8) is 0 Å². The van der Waals surface area contributed by atoms with Crippen LogP contribution in [0.15, 0.2) is 18.2 Å². The molecule has 20 heavy (non-hydrogen) atoms. The van der Waals surface area contributed by atoms with Crippen LogP contribution < -0.4 is 11.1 Å². The van der Waals surface area contributed by atoms with E-state index in [9.17, 15) is 9.90 Å². The van der Waals surface area contributed by atoms with E-state index in [1.54, 1.807) is 18.2 Å². The summed E-state index contributed by atoms with van der Waals surface area (Å²) in [5.41, 5.74) is 6.32. The molecule has 1 aliphatic carbocycles. The Morgan fingerprint density at radius 2 is 2.05 bits per heavy atom. The molecule has 0 bridgehead atoms. The van der Waals surface area contributed by atoms with Crippen molar-refractivity contribution in [1.29, 1.82) is 0 Å². The molecule has 1 saturated carbocycles. The normalized spacial score (nSPS) is 23.6. The third-order valence-corrected chi connectivity index (χ3v) is 4.37. The van der Waals surface area contributed by atoms with Crippen molar-refractivity contribution in [3.05, 3.63) is 33.8 Å². The molecule has 110 valence electrons. The molecular formula is C14H18Cl2N2O2. The Balaban J connectivity index is 1.95.